The van der Waals surface area contributed by atoms with E-state index in [4.69, 9.17) is 0 Å². The van der Waals surface area contributed by atoms with Crippen LogP contribution >= 0.6 is 0 Å². The molecule has 0 aliphatic carbocycles. The number of benzene rings is 2. The van der Waals surface area contributed by atoms with E-state index >= 15 is 0 Å². The van der Waals surface area contributed by atoms with Gasteiger partial charge in [-0.05, 0) is 11.1 Å². The third kappa shape index (κ3) is 5.19. The normalized spacial score (nSPS) is 12.9. The minimum Gasteiger partial charge on any atom is -0.387 e. The van der Waals surface area contributed by atoms with Crippen molar-refractivity contribution in [2.75, 3.05) is 13.1 Å². The topological polar surface area (TPSA) is 98.7 Å². The van der Waals surface area contributed by atoms with Gasteiger partial charge in [-0.15, -0.1) is 0 Å². The van der Waals surface area contributed by atoms with Crippen LogP contribution < -0.4 is 10.6 Å². The molecule has 2 aromatic carbocycles. The van der Waals surface area contributed by atoms with Gasteiger partial charge in [0.1, 0.15) is 0 Å². The molecule has 126 valence electrons. The van der Waals surface area contributed by atoms with Crippen LogP contribution in [0.3, 0.4) is 0 Å². The lowest BCUT2D eigenvalue weighted by atomic mass is 10.1. The molecule has 0 saturated heterocycles. The summed E-state index contributed by atoms with van der Waals surface area (Å²) in [5.74, 6) is -1.71. The molecular weight excluding hydrogens is 308 g/mol. The summed E-state index contributed by atoms with van der Waals surface area (Å²) >= 11 is 0. The predicted molar refractivity (Wildman–Crippen MR) is 88.8 cm³/mol. The van der Waals surface area contributed by atoms with E-state index < -0.39 is 24.0 Å². The van der Waals surface area contributed by atoms with Gasteiger partial charge in [-0.1, -0.05) is 60.7 Å². The van der Waals surface area contributed by atoms with Crippen LogP contribution in [0, 0.1) is 0 Å². The van der Waals surface area contributed by atoms with Crippen LogP contribution in [0.25, 0.3) is 0 Å². The van der Waals surface area contributed by atoms with Crippen LogP contribution in [0.4, 0.5) is 0 Å². The van der Waals surface area contributed by atoms with E-state index in [1.165, 1.54) is 0 Å². The number of nitrogens with one attached hydrogen (secondary N) is 2. The largest absolute Gasteiger partial charge is 0.387 e. The molecule has 0 radical (unpaired) electrons. The van der Waals surface area contributed by atoms with Crippen molar-refractivity contribution >= 4 is 11.8 Å². The highest BCUT2D eigenvalue weighted by Gasteiger charge is 2.17. The number of carbonyl (C=O) groups is 2. The van der Waals surface area contributed by atoms with Gasteiger partial charge in [0, 0.05) is 13.1 Å². The second-order valence-electron chi connectivity index (χ2n) is 5.27. The monoisotopic (exact) mass is 328 g/mol. The van der Waals surface area contributed by atoms with Gasteiger partial charge in [0.2, 0.25) is 0 Å². The summed E-state index contributed by atoms with van der Waals surface area (Å²) in [6.45, 7) is -0.144. The van der Waals surface area contributed by atoms with Crippen molar-refractivity contribution in [3.05, 3.63) is 71.8 Å². The lowest BCUT2D eigenvalue weighted by Crippen LogP contribution is -2.42. The Kier molecular flexibility index (Phi) is 6.48. The maximum Gasteiger partial charge on any atom is 0.309 e. The molecule has 0 aliphatic rings. The molecule has 2 rings (SSSR count). The van der Waals surface area contributed by atoms with E-state index in [0.29, 0.717) is 11.1 Å². The van der Waals surface area contributed by atoms with Gasteiger partial charge < -0.3 is 20.8 Å². The Balaban J connectivity index is 1.75. The molecule has 0 unspecified atom stereocenters. The molecule has 0 bridgehead atoms. The van der Waals surface area contributed by atoms with Crippen molar-refractivity contribution < 1.29 is 19.8 Å². The average Bonchev–Trinajstić information content (AvgIpc) is 2.64. The molecule has 6 heteroatoms. The number of aliphatic hydroxyl groups is 2. The van der Waals surface area contributed by atoms with Gasteiger partial charge in [-0.25, -0.2) is 0 Å². The molecule has 4 N–H and O–H groups in total. The standard InChI is InChI=1S/C18H20N2O4/c21-15(13-7-3-1-4-8-13)11-19-17(23)18(24)20-12-16(22)14-9-5-2-6-10-14/h1-10,15-16,21-22H,11-12H2,(H,19,23)(H,20,24)/t15-,16-/m0/s1. The zero-order chi connectivity index (χ0) is 17.4. The maximum absolute atomic E-state index is 11.7. The summed E-state index contributed by atoms with van der Waals surface area (Å²) in [7, 11) is 0. The second kappa shape index (κ2) is 8.81. The van der Waals surface area contributed by atoms with Crippen molar-refractivity contribution in [3.8, 4) is 0 Å². The summed E-state index contributed by atoms with van der Waals surface area (Å²) in [5.41, 5.74) is 1.30. The zero-order valence-electron chi connectivity index (χ0n) is 13.1. The minimum absolute atomic E-state index is 0.0719. The third-order valence-corrected chi connectivity index (χ3v) is 3.49. The van der Waals surface area contributed by atoms with E-state index in [0.717, 1.165) is 0 Å². The van der Waals surface area contributed by atoms with Crippen molar-refractivity contribution in [1.82, 2.24) is 10.6 Å². The summed E-state index contributed by atoms with van der Waals surface area (Å²) in [6.07, 6.45) is -1.78. The van der Waals surface area contributed by atoms with Crippen LogP contribution in [0.5, 0.6) is 0 Å². The van der Waals surface area contributed by atoms with Gasteiger partial charge in [-0.2, -0.15) is 0 Å². The molecular formula is C18H20N2O4. The lowest BCUT2D eigenvalue weighted by Gasteiger charge is -2.14. The van der Waals surface area contributed by atoms with Crippen molar-refractivity contribution in [1.29, 1.82) is 0 Å². The fourth-order valence-electron chi connectivity index (χ4n) is 2.13. The predicted octanol–water partition coefficient (Wildman–Crippen LogP) is 0.686. The van der Waals surface area contributed by atoms with Gasteiger partial charge >= 0.3 is 11.8 Å². The lowest BCUT2D eigenvalue weighted by molar-refractivity contribution is -0.139. The molecule has 0 aromatic heterocycles. The highest BCUT2D eigenvalue weighted by atomic mass is 16.3. The number of rotatable bonds is 6. The molecule has 24 heavy (non-hydrogen) atoms. The SMILES string of the molecule is O=C(NC[C@H](O)c1ccccc1)C(=O)NC[C@H](O)c1ccccc1. The van der Waals surface area contributed by atoms with E-state index in [1.807, 2.05) is 12.1 Å². The highest BCUT2D eigenvalue weighted by molar-refractivity contribution is 6.35. The zero-order valence-corrected chi connectivity index (χ0v) is 13.1. The van der Waals surface area contributed by atoms with E-state index in [1.54, 1.807) is 48.5 Å². The second-order valence-corrected chi connectivity index (χ2v) is 5.27. The molecule has 2 amide bonds. The first-order valence-electron chi connectivity index (χ1n) is 7.60. The van der Waals surface area contributed by atoms with Crippen LogP contribution in [0.2, 0.25) is 0 Å². The van der Waals surface area contributed by atoms with Crippen LogP contribution in [-0.4, -0.2) is 35.1 Å². The summed E-state index contributed by atoms with van der Waals surface area (Å²) in [4.78, 5) is 23.4. The van der Waals surface area contributed by atoms with E-state index in [2.05, 4.69) is 10.6 Å². The number of hydrogen-bond acceptors (Lipinski definition) is 4. The smallest absolute Gasteiger partial charge is 0.309 e. The van der Waals surface area contributed by atoms with Gasteiger partial charge in [0.25, 0.3) is 0 Å². The van der Waals surface area contributed by atoms with Gasteiger partial charge in [0.15, 0.2) is 0 Å². The van der Waals surface area contributed by atoms with Crippen LogP contribution in [0.1, 0.15) is 23.3 Å². The third-order valence-electron chi connectivity index (χ3n) is 3.49. The summed E-state index contributed by atoms with van der Waals surface area (Å²) in [5, 5.41) is 24.6. The Labute approximate surface area is 140 Å². The van der Waals surface area contributed by atoms with E-state index in [-0.39, 0.29) is 13.1 Å². The number of carbonyl (C=O) groups excluding carboxylic acids is 2. The summed E-state index contributed by atoms with van der Waals surface area (Å²) < 4.78 is 0. The molecule has 2 atom stereocenters. The number of aliphatic hydroxyl groups excluding tert-OH is 2. The Morgan fingerprint density at radius 1 is 0.708 bits per heavy atom. The minimum atomic E-state index is -0.891. The molecule has 0 aliphatic heterocycles. The Hall–Kier alpha value is -2.70. The first-order valence-corrected chi connectivity index (χ1v) is 7.60. The molecule has 0 heterocycles. The molecule has 0 saturated carbocycles. The summed E-state index contributed by atoms with van der Waals surface area (Å²) in [6, 6.07) is 17.7. The average molecular weight is 328 g/mol. The van der Waals surface area contributed by atoms with E-state index in [9.17, 15) is 19.8 Å². The number of amides is 2. The van der Waals surface area contributed by atoms with Crippen LogP contribution in [0.15, 0.2) is 60.7 Å². The van der Waals surface area contributed by atoms with Gasteiger partial charge in [-0.3, -0.25) is 9.59 Å². The van der Waals surface area contributed by atoms with Crippen molar-refractivity contribution in [3.63, 3.8) is 0 Å². The molecule has 2 aromatic rings. The first-order chi connectivity index (χ1) is 11.6. The van der Waals surface area contributed by atoms with Gasteiger partial charge in [0.05, 0.1) is 12.2 Å². The molecule has 6 nitrogen and oxygen atoms in total. The highest BCUT2D eigenvalue weighted by Crippen LogP contribution is 2.11. The first kappa shape index (κ1) is 17.7. The van der Waals surface area contributed by atoms with Crippen molar-refractivity contribution in [2.45, 2.75) is 12.2 Å². The van der Waals surface area contributed by atoms with Crippen LogP contribution in [-0.2, 0) is 9.59 Å². The Bertz CT molecular complexity index is 602. The Morgan fingerprint density at radius 2 is 1.04 bits per heavy atom. The maximum atomic E-state index is 11.7. The number of hydrogen-bond donors (Lipinski definition) is 4. The molecule has 0 fully saturated rings. The fraction of sp³-hybridized carbons (Fsp3) is 0.222. The van der Waals surface area contributed by atoms with Crippen molar-refractivity contribution in [2.24, 2.45) is 0 Å². The molecule has 0 spiro atoms. The quantitative estimate of drug-likeness (QED) is 0.586. The fourth-order valence-corrected chi connectivity index (χ4v) is 2.13. The Morgan fingerprint density at radius 3 is 1.38 bits per heavy atom.